The molecular formula is C24H27F2NO3. The minimum atomic E-state index is -0.868. The fourth-order valence-electron chi connectivity index (χ4n) is 4.37. The van der Waals surface area contributed by atoms with Gasteiger partial charge in [-0.25, -0.2) is 8.78 Å². The van der Waals surface area contributed by atoms with Gasteiger partial charge in [0.05, 0.1) is 18.1 Å². The van der Waals surface area contributed by atoms with Crippen LogP contribution in [0.25, 0.3) is 11.1 Å². The predicted molar refractivity (Wildman–Crippen MR) is 110 cm³/mol. The van der Waals surface area contributed by atoms with Gasteiger partial charge in [0.15, 0.2) is 11.6 Å². The summed E-state index contributed by atoms with van der Waals surface area (Å²) in [6, 6.07) is 11.7. The minimum Gasteiger partial charge on any atom is -0.381 e. The number of hydrogen-bond acceptors (Lipinski definition) is 3. The highest BCUT2D eigenvalue weighted by Crippen LogP contribution is 2.36. The fourth-order valence-corrected chi connectivity index (χ4v) is 4.37. The molecule has 0 radical (unpaired) electrons. The summed E-state index contributed by atoms with van der Waals surface area (Å²) in [5.41, 5.74) is 1.87. The van der Waals surface area contributed by atoms with Crippen LogP contribution in [0.5, 0.6) is 0 Å². The third-order valence-electron chi connectivity index (χ3n) is 6.15. The SMILES string of the molecule is O=C(NC1CCCOC1)C1(Cc2cccc(-c3ccc(F)c(F)c3)c2)CCOCC1. The zero-order chi connectivity index (χ0) is 21.0. The summed E-state index contributed by atoms with van der Waals surface area (Å²) in [6.07, 6.45) is 3.78. The van der Waals surface area contributed by atoms with E-state index in [9.17, 15) is 13.6 Å². The van der Waals surface area contributed by atoms with E-state index < -0.39 is 17.0 Å². The maximum Gasteiger partial charge on any atom is 0.227 e. The Bertz CT molecular complexity index is 890. The van der Waals surface area contributed by atoms with Crippen LogP contribution in [0.2, 0.25) is 0 Å². The molecule has 2 aliphatic rings. The summed E-state index contributed by atoms with van der Waals surface area (Å²) in [4.78, 5) is 13.3. The number of rotatable bonds is 5. The molecular weight excluding hydrogens is 388 g/mol. The van der Waals surface area contributed by atoms with Crippen molar-refractivity contribution in [3.8, 4) is 11.1 Å². The molecule has 2 aromatic carbocycles. The van der Waals surface area contributed by atoms with Crippen LogP contribution < -0.4 is 5.32 Å². The van der Waals surface area contributed by atoms with Gasteiger partial charge < -0.3 is 14.8 Å². The number of carbonyl (C=O) groups is 1. The number of amides is 1. The molecule has 2 fully saturated rings. The Balaban J connectivity index is 1.55. The van der Waals surface area contributed by atoms with Crippen molar-refractivity contribution in [3.05, 3.63) is 59.7 Å². The summed E-state index contributed by atoms with van der Waals surface area (Å²) >= 11 is 0. The number of hydrogen-bond donors (Lipinski definition) is 1. The maximum absolute atomic E-state index is 13.7. The molecule has 6 heteroatoms. The smallest absolute Gasteiger partial charge is 0.227 e. The van der Waals surface area contributed by atoms with Crippen LogP contribution in [0.1, 0.15) is 31.2 Å². The molecule has 1 atom stereocenters. The predicted octanol–water partition coefficient (Wildman–Crippen LogP) is 4.27. The van der Waals surface area contributed by atoms with Gasteiger partial charge in [-0.05, 0) is 60.9 Å². The molecule has 4 rings (SSSR count). The molecule has 2 heterocycles. The van der Waals surface area contributed by atoms with Gasteiger partial charge in [-0.3, -0.25) is 4.79 Å². The lowest BCUT2D eigenvalue weighted by atomic mass is 9.74. The number of benzene rings is 2. The van der Waals surface area contributed by atoms with Crippen LogP contribution in [0, 0.1) is 17.0 Å². The van der Waals surface area contributed by atoms with Crippen molar-refractivity contribution in [3.63, 3.8) is 0 Å². The first kappa shape index (κ1) is 20.9. The minimum absolute atomic E-state index is 0.0551. The topological polar surface area (TPSA) is 47.6 Å². The van der Waals surface area contributed by atoms with Crippen LogP contribution in [0.3, 0.4) is 0 Å². The van der Waals surface area contributed by atoms with Crippen molar-refractivity contribution in [1.82, 2.24) is 5.32 Å². The average Bonchev–Trinajstić information content (AvgIpc) is 2.77. The van der Waals surface area contributed by atoms with Gasteiger partial charge >= 0.3 is 0 Å². The van der Waals surface area contributed by atoms with E-state index in [0.717, 1.165) is 36.6 Å². The van der Waals surface area contributed by atoms with Crippen LogP contribution >= 0.6 is 0 Å². The molecule has 1 amide bonds. The summed E-state index contributed by atoms with van der Waals surface area (Å²) in [5, 5.41) is 3.20. The number of halogens is 2. The van der Waals surface area contributed by atoms with Crippen LogP contribution in [-0.2, 0) is 20.7 Å². The Morgan fingerprint density at radius 3 is 2.53 bits per heavy atom. The Hall–Kier alpha value is -2.31. The standard InChI is InChI=1S/C24H27F2NO3/c25-21-7-6-19(14-22(21)26)18-4-1-3-17(13-18)15-24(8-11-29-12-9-24)23(28)27-20-5-2-10-30-16-20/h1,3-4,6-7,13-14,20H,2,5,8-12,15-16H2,(H,27,28). The summed E-state index contributed by atoms with van der Waals surface area (Å²) < 4.78 is 38.0. The van der Waals surface area contributed by atoms with Gasteiger partial charge in [-0.1, -0.05) is 30.3 Å². The number of nitrogens with one attached hydrogen (secondary N) is 1. The lowest BCUT2D eigenvalue weighted by molar-refractivity contribution is -0.138. The summed E-state index contributed by atoms with van der Waals surface area (Å²) in [6.45, 7) is 2.42. The van der Waals surface area contributed by atoms with Crippen molar-refractivity contribution in [1.29, 1.82) is 0 Å². The lowest BCUT2D eigenvalue weighted by Gasteiger charge is -2.37. The molecule has 2 aliphatic heterocycles. The third kappa shape index (κ3) is 4.71. The highest BCUT2D eigenvalue weighted by molar-refractivity contribution is 5.83. The highest BCUT2D eigenvalue weighted by Gasteiger charge is 2.41. The van der Waals surface area contributed by atoms with Gasteiger partial charge in [0, 0.05) is 19.8 Å². The van der Waals surface area contributed by atoms with Crippen LogP contribution in [-0.4, -0.2) is 38.4 Å². The molecule has 1 N–H and O–H groups in total. The molecule has 2 aromatic rings. The molecule has 0 bridgehead atoms. The van der Waals surface area contributed by atoms with Crippen molar-refractivity contribution >= 4 is 5.91 Å². The van der Waals surface area contributed by atoms with Crippen molar-refractivity contribution in [2.45, 2.75) is 38.1 Å². The molecule has 160 valence electrons. The monoisotopic (exact) mass is 415 g/mol. The van der Waals surface area contributed by atoms with E-state index in [1.807, 2.05) is 24.3 Å². The lowest BCUT2D eigenvalue weighted by Crippen LogP contribution is -2.51. The Kier molecular flexibility index (Phi) is 6.44. The molecule has 0 aromatic heterocycles. The van der Waals surface area contributed by atoms with Gasteiger partial charge in [-0.15, -0.1) is 0 Å². The van der Waals surface area contributed by atoms with E-state index in [-0.39, 0.29) is 11.9 Å². The molecule has 30 heavy (non-hydrogen) atoms. The molecule has 0 spiro atoms. The second-order valence-corrected chi connectivity index (χ2v) is 8.29. The normalized spacial score (nSPS) is 21.2. The highest BCUT2D eigenvalue weighted by atomic mass is 19.2. The zero-order valence-corrected chi connectivity index (χ0v) is 17.0. The van der Waals surface area contributed by atoms with E-state index in [2.05, 4.69) is 5.32 Å². The molecule has 2 saturated heterocycles. The van der Waals surface area contributed by atoms with E-state index in [4.69, 9.17) is 9.47 Å². The molecule has 0 saturated carbocycles. The molecule has 4 nitrogen and oxygen atoms in total. The van der Waals surface area contributed by atoms with E-state index >= 15 is 0 Å². The first-order valence-electron chi connectivity index (χ1n) is 10.6. The Labute approximate surface area is 175 Å². The van der Waals surface area contributed by atoms with E-state index in [1.165, 1.54) is 6.07 Å². The van der Waals surface area contributed by atoms with Crippen LogP contribution in [0.15, 0.2) is 42.5 Å². The average molecular weight is 415 g/mol. The first-order valence-corrected chi connectivity index (χ1v) is 10.6. The van der Waals surface area contributed by atoms with Crippen LogP contribution in [0.4, 0.5) is 8.78 Å². The van der Waals surface area contributed by atoms with E-state index in [1.54, 1.807) is 6.07 Å². The van der Waals surface area contributed by atoms with E-state index in [0.29, 0.717) is 44.6 Å². The van der Waals surface area contributed by atoms with Crippen molar-refractivity contribution in [2.24, 2.45) is 5.41 Å². The fraction of sp³-hybridized carbons (Fsp3) is 0.458. The van der Waals surface area contributed by atoms with Gasteiger partial charge in [0.1, 0.15) is 0 Å². The van der Waals surface area contributed by atoms with Gasteiger partial charge in [0.2, 0.25) is 5.91 Å². The van der Waals surface area contributed by atoms with Crippen molar-refractivity contribution in [2.75, 3.05) is 26.4 Å². The quantitative estimate of drug-likeness (QED) is 0.794. The Morgan fingerprint density at radius 1 is 1.00 bits per heavy atom. The van der Waals surface area contributed by atoms with Gasteiger partial charge in [-0.2, -0.15) is 0 Å². The zero-order valence-electron chi connectivity index (χ0n) is 17.0. The number of ether oxygens (including phenoxy) is 2. The second-order valence-electron chi connectivity index (χ2n) is 8.29. The first-order chi connectivity index (χ1) is 14.6. The maximum atomic E-state index is 13.7. The number of carbonyl (C=O) groups excluding carboxylic acids is 1. The summed E-state index contributed by atoms with van der Waals surface area (Å²) in [5.74, 6) is -1.67. The Morgan fingerprint density at radius 2 is 1.80 bits per heavy atom. The molecule has 0 aliphatic carbocycles. The largest absolute Gasteiger partial charge is 0.381 e. The second kappa shape index (κ2) is 9.23. The molecule has 1 unspecified atom stereocenters. The summed E-state index contributed by atoms with van der Waals surface area (Å²) in [7, 11) is 0. The third-order valence-corrected chi connectivity index (χ3v) is 6.15. The van der Waals surface area contributed by atoms with Gasteiger partial charge in [0.25, 0.3) is 0 Å². The van der Waals surface area contributed by atoms with Crippen molar-refractivity contribution < 1.29 is 23.0 Å².